The van der Waals surface area contributed by atoms with Crippen molar-refractivity contribution in [1.82, 2.24) is 4.90 Å². The fourth-order valence-corrected chi connectivity index (χ4v) is 2.80. The van der Waals surface area contributed by atoms with Gasteiger partial charge in [-0.3, -0.25) is 19.3 Å². The van der Waals surface area contributed by atoms with Crippen molar-refractivity contribution in [2.45, 2.75) is 25.7 Å². The first-order valence-electron chi connectivity index (χ1n) is 5.69. The number of Topliss-reactive ketones (excluding diaryl/α,β-unsaturated/α-hetero) is 1. The van der Waals surface area contributed by atoms with Crippen molar-refractivity contribution >= 4 is 40.5 Å². The molecule has 1 aliphatic rings. The molecule has 1 saturated heterocycles. The first-order valence-corrected chi connectivity index (χ1v) is 6.89. The molecule has 2 amide bonds. The van der Waals surface area contributed by atoms with Crippen molar-refractivity contribution in [2.24, 2.45) is 0 Å². The van der Waals surface area contributed by atoms with E-state index in [9.17, 15) is 14.4 Å². The van der Waals surface area contributed by atoms with Crippen molar-refractivity contribution in [2.75, 3.05) is 6.54 Å². The molecule has 18 heavy (non-hydrogen) atoms. The summed E-state index contributed by atoms with van der Waals surface area (Å²) in [5, 5.41) is 0. The first-order chi connectivity index (χ1) is 8.58. The number of nitrogens with zero attached hydrogens (tertiary/aromatic N) is 1. The SMILES string of the molecule is O=C(CN1C(=O)CCCCC1=O)c1ccc(Cl)s1. The zero-order valence-corrected chi connectivity index (χ0v) is 11.2. The molecule has 1 aromatic rings. The van der Waals surface area contributed by atoms with E-state index < -0.39 is 0 Å². The minimum absolute atomic E-state index is 0.172. The van der Waals surface area contributed by atoms with Gasteiger partial charge in [-0.1, -0.05) is 11.6 Å². The molecule has 6 heteroatoms. The van der Waals surface area contributed by atoms with Crippen LogP contribution in [0.3, 0.4) is 0 Å². The van der Waals surface area contributed by atoms with Gasteiger partial charge in [-0.15, -0.1) is 11.3 Å². The molecule has 0 atom stereocenters. The predicted octanol–water partition coefficient (Wildman–Crippen LogP) is 2.51. The lowest BCUT2D eigenvalue weighted by Crippen LogP contribution is -2.39. The lowest BCUT2D eigenvalue weighted by molar-refractivity contribution is -0.143. The molecule has 0 spiro atoms. The van der Waals surface area contributed by atoms with E-state index >= 15 is 0 Å². The van der Waals surface area contributed by atoms with E-state index in [1.807, 2.05) is 0 Å². The Morgan fingerprint density at radius 1 is 1.22 bits per heavy atom. The predicted molar refractivity (Wildman–Crippen MR) is 68.8 cm³/mol. The van der Waals surface area contributed by atoms with Crippen molar-refractivity contribution in [1.29, 1.82) is 0 Å². The van der Waals surface area contributed by atoms with Crippen molar-refractivity contribution in [3.8, 4) is 0 Å². The number of amides is 2. The van der Waals surface area contributed by atoms with Crippen LogP contribution in [-0.2, 0) is 9.59 Å². The molecule has 0 bridgehead atoms. The van der Waals surface area contributed by atoms with E-state index in [1.54, 1.807) is 12.1 Å². The first kappa shape index (κ1) is 13.2. The fraction of sp³-hybridized carbons (Fsp3) is 0.417. The van der Waals surface area contributed by atoms with Gasteiger partial charge in [0.1, 0.15) is 0 Å². The van der Waals surface area contributed by atoms with Crippen molar-refractivity contribution in [3.63, 3.8) is 0 Å². The number of ketones is 1. The van der Waals surface area contributed by atoms with E-state index in [-0.39, 0.29) is 24.1 Å². The molecule has 0 unspecified atom stereocenters. The summed E-state index contributed by atoms with van der Waals surface area (Å²) >= 11 is 6.91. The second-order valence-corrected chi connectivity index (χ2v) is 5.82. The van der Waals surface area contributed by atoms with Gasteiger partial charge in [-0.05, 0) is 25.0 Å². The summed E-state index contributed by atoms with van der Waals surface area (Å²) in [6.45, 7) is -0.172. The number of hydrogen-bond donors (Lipinski definition) is 0. The molecule has 0 aromatic carbocycles. The Bertz CT molecular complexity index is 479. The Morgan fingerprint density at radius 2 is 1.83 bits per heavy atom. The molecule has 1 fully saturated rings. The standard InChI is InChI=1S/C12H12ClNO3S/c13-10-6-5-9(18-10)8(15)7-14-11(16)3-1-2-4-12(14)17/h5-6H,1-4,7H2. The van der Waals surface area contributed by atoms with Gasteiger partial charge >= 0.3 is 0 Å². The number of carbonyl (C=O) groups excluding carboxylic acids is 3. The summed E-state index contributed by atoms with van der Waals surface area (Å²) in [5.74, 6) is -0.752. The van der Waals surface area contributed by atoms with Crippen LogP contribution in [-0.4, -0.2) is 29.0 Å². The second kappa shape index (κ2) is 5.63. The van der Waals surface area contributed by atoms with Gasteiger partial charge in [-0.25, -0.2) is 0 Å². The molecular weight excluding hydrogens is 274 g/mol. The average Bonchev–Trinajstić information content (AvgIpc) is 2.71. The molecule has 2 rings (SSSR count). The van der Waals surface area contributed by atoms with E-state index in [2.05, 4.69) is 0 Å². The zero-order valence-electron chi connectivity index (χ0n) is 9.65. The van der Waals surface area contributed by atoms with E-state index in [4.69, 9.17) is 11.6 Å². The molecule has 96 valence electrons. The lowest BCUT2D eigenvalue weighted by atomic mass is 10.2. The number of thiophene rings is 1. The smallest absolute Gasteiger partial charge is 0.229 e. The highest BCUT2D eigenvalue weighted by molar-refractivity contribution is 7.18. The Labute approximate surface area is 114 Å². The number of likely N-dealkylation sites (tertiary alicyclic amines) is 1. The molecule has 0 aliphatic carbocycles. The van der Waals surface area contributed by atoms with Crippen molar-refractivity contribution < 1.29 is 14.4 Å². The van der Waals surface area contributed by atoms with Crippen LogP contribution in [0.1, 0.15) is 35.4 Å². The van der Waals surface area contributed by atoms with Crippen LogP contribution in [0.25, 0.3) is 0 Å². The van der Waals surface area contributed by atoms with Gasteiger partial charge in [0.2, 0.25) is 11.8 Å². The van der Waals surface area contributed by atoms with E-state index in [1.165, 1.54) is 0 Å². The minimum Gasteiger partial charge on any atom is -0.291 e. The Morgan fingerprint density at radius 3 is 2.33 bits per heavy atom. The van der Waals surface area contributed by atoms with Crippen LogP contribution >= 0.6 is 22.9 Å². The molecule has 4 nitrogen and oxygen atoms in total. The van der Waals surface area contributed by atoms with Gasteiger partial charge in [0.25, 0.3) is 0 Å². The molecule has 1 aromatic heterocycles. The monoisotopic (exact) mass is 285 g/mol. The van der Waals surface area contributed by atoms with Crippen LogP contribution in [0.2, 0.25) is 4.34 Å². The van der Waals surface area contributed by atoms with E-state index in [0.717, 1.165) is 16.2 Å². The third-order valence-electron chi connectivity index (χ3n) is 2.78. The third kappa shape index (κ3) is 2.97. The van der Waals surface area contributed by atoms with Crippen LogP contribution in [0.15, 0.2) is 12.1 Å². The number of hydrogen-bond acceptors (Lipinski definition) is 4. The van der Waals surface area contributed by atoms with Gasteiger partial charge in [0, 0.05) is 12.8 Å². The van der Waals surface area contributed by atoms with Gasteiger partial charge in [-0.2, -0.15) is 0 Å². The highest BCUT2D eigenvalue weighted by Gasteiger charge is 2.26. The fourth-order valence-electron chi connectivity index (χ4n) is 1.82. The summed E-state index contributed by atoms with van der Waals surface area (Å²) < 4.78 is 0.520. The number of halogens is 1. The quantitative estimate of drug-likeness (QED) is 0.633. The second-order valence-electron chi connectivity index (χ2n) is 4.11. The Hall–Kier alpha value is -1.20. The summed E-state index contributed by atoms with van der Waals surface area (Å²) in [6.07, 6.45) is 2.09. The topological polar surface area (TPSA) is 54.5 Å². The van der Waals surface area contributed by atoms with Crippen LogP contribution in [0.5, 0.6) is 0 Å². The summed E-state index contributed by atoms with van der Waals surface area (Å²) in [5.41, 5.74) is 0. The average molecular weight is 286 g/mol. The molecular formula is C12H12ClNO3S. The normalized spacial score (nSPS) is 16.8. The number of imide groups is 1. The van der Waals surface area contributed by atoms with Crippen LogP contribution in [0, 0.1) is 0 Å². The molecule has 0 radical (unpaired) electrons. The summed E-state index contributed by atoms with van der Waals surface area (Å²) in [6, 6.07) is 3.24. The summed E-state index contributed by atoms with van der Waals surface area (Å²) in [4.78, 5) is 36.9. The summed E-state index contributed by atoms with van der Waals surface area (Å²) in [7, 11) is 0. The van der Waals surface area contributed by atoms with Gasteiger partial charge in [0.15, 0.2) is 5.78 Å². The minimum atomic E-state index is -0.256. The van der Waals surface area contributed by atoms with Gasteiger partial charge < -0.3 is 0 Å². The third-order valence-corrected chi connectivity index (χ3v) is 4.06. The molecule has 1 aliphatic heterocycles. The number of carbonyl (C=O) groups is 3. The maximum Gasteiger partial charge on any atom is 0.229 e. The Balaban J connectivity index is 2.09. The lowest BCUT2D eigenvalue weighted by Gasteiger charge is -2.17. The van der Waals surface area contributed by atoms with Crippen LogP contribution in [0.4, 0.5) is 0 Å². The van der Waals surface area contributed by atoms with Crippen molar-refractivity contribution in [3.05, 3.63) is 21.3 Å². The molecule has 0 N–H and O–H groups in total. The maximum atomic E-state index is 11.9. The van der Waals surface area contributed by atoms with Crippen LogP contribution < -0.4 is 0 Å². The molecule has 2 heterocycles. The highest BCUT2D eigenvalue weighted by atomic mass is 35.5. The largest absolute Gasteiger partial charge is 0.291 e. The number of rotatable bonds is 3. The maximum absolute atomic E-state index is 11.9. The highest BCUT2D eigenvalue weighted by Crippen LogP contribution is 2.22. The Kier molecular flexibility index (Phi) is 4.14. The van der Waals surface area contributed by atoms with E-state index in [0.29, 0.717) is 34.9 Å². The van der Waals surface area contributed by atoms with Gasteiger partial charge in [0.05, 0.1) is 15.8 Å². The zero-order chi connectivity index (χ0) is 13.1. The molecule has 0 saturated carbocycles.